The number of rotatable bonds is 9. The summed E-state index contributed by atoms with van der Waals surface area (Å²) in [5, 5.41) is 0. The number of ketones is 1. The van der Waals surface area contributed by atoms with Crippen LogP contribution in [0.5, 0.6) is 5.88 Å². The molecule has 0 spiro atoms. The molecule has 1 saturated heterocycles. The van der Waals surface area contributed by atoms with Crippen molar-refractivity contribution in [3.63, 3.8) is 0 Å². The Balaban J connectivity index is 0.00000368. The number of fused-ring (bicyclic) bond motifs is 1. The van der Waals surface area contributed by atoms with Crippen molar-refractivity contribution in [3.05, 3.63) is 36.2 Å². The van der Waals surface area contributed by atoms with E-state index in [2.05, 4.69) is 9.88 Å². The van der Waals surface area contributed by atoms with E-state index in [4.69, 9.17) is 19.4 Å². The average molecular weight is 619 g/mol. The van der Waals surface area contributed by atoms with Crippen molar-refractivity contribution >= 4 is 35.2 Å². The molecule has 1 aromatic carbocycles. The highest BCUT2D eigenvalue weighted by Gasteiger charge is 2.43. The largest absolute Gasteiger partial charge is 0.474 e. The Morgan fingerprint density at radius 1 is 1.07 bits per heavy atom. The number of carbonyl (C=O) groups excluding carboxylic acids is 1. The van der Waals surface area contributed by atoms with E-state index in [1.54, 1.807) is 30.3 Å². The van der Waals surface area contributed by atoms with Crippen LogP contribution >= 0.6 is 12.4 Å². The molecule has 1 aliphatic heterocycles. The van der Waals surface area contributed by atoms with Crippen LogP contribution in [-0.4, -0.2) is 82.2 Å². The van der Waals surface area contributed by atoms with Gasteiger partial charge in [-0.2, -0.15) is 9.97 Å². The maximum absolute atomic E-state index is 14.2. The molecule has 0 amide bonds. The number of morpholine rings is 1. The van der Waals surface area contributed by atoms with Crippen LogP contribution in [0.3, 0.4) is 0 Å². The summed E-state index contributed by atoms with van der Waals surface area (Å²) >= 11 is 0. The van der Waals surface area contributed by atoms with Crippen LogP contribution in [0.1, 0.15) is 70.0 Å². The van der Waals surface area contributed by atoms with Crippen LogP contribution in [0, 0.1) is 5.92 Å². The normalized spacial score (nSPS) is 22.2. The van der Waals surface area contributed by atoms with Crippen molar-refractivity contribution in [1.29, 1.82) is 0 Å². The molecule has 2 aromatic heterocycles. The third kappa shape index (κ3) is 6.49. The maximum atomic E-state index is 14.2. The number of hydrogen-bond acceptors (Lipinski definition) is 8. The first kappa shape index (κ1) is 31.5. The lowest BCUT2D eigenvalue weighted by Crippen LogP contribution is -2.49. The number of Topliss-reactive ketones (excluding diaryl/α,β-unsaturated/α-hetero) is 1. The van der Waals surface area contributed by atoms with Crippen molar-refractivity contribution in [2.75, 3.05) is 45.3 Å². The Kier molecular flexibility index (Phi) is 9.83. The van der Waals surface area contributed by atoms with Gasteiger partial charge in [0.2, 0.25) is 11.8 Å². The summed E-state index contributed by atoms with van der Waals surface area (Å²) in [6.07, 6.45) is 5.37. The van der Waals surface area contributed by atoms with Gasteiger partial charge in [-0.3, -0.25) is 14.3 Å². The number of para-hydroxylation sites is 2. The molecule has 2 saturated carbocycles. The second-order valence-electron chi connectivity index (χ2n) is 12.1. The van der Waals surface area contributed by atoms with Gasteiger partial charge in [-0.25, -0.2) is 13.8 Å². The molecule has 0 bridgehead atoms. The van der Waals surface area contributed by atoms with E-state index in [-0.39, 0.29) is 29.9 Å². The van der Waals surface area contributed by atoms with Gasteiger partial charge in [0.05, 0.1) is 29.8 Å². The van der Waals surface area contributed by atoms with Gasteiger partial charge >= 0.3 is 0 Å². The zero-order chi connectivity index (χ0) is 29.3. The number of hydrogen-bond donors (Lipinski definition) is 0. The first-order valence-electron chi connectivity index (χ1n) is 15.2. The molecule has 6 rings (SSSR count). The van der Waals surface area contributed by atoms with Crippen molar-refractivity contribution in [2.45, 2.75) is 75.9 Å². The number of imidazole rings is 1. The van der Waals surface area contributed by atoms with Gasteiger partial charge in [0.1, 0.15) is 11.9 Å². The topological polar surface area (TPSA) is 85.6 Å². The minimum absolute atomic E-state index is 0. The van der Waals surface area contributed by atoms with Gasteiger partial charge in [0.25, 0.3) is 6.43 Å². The molecule has 2 aliphatic carbocycles. The maximum Gasteiger partial charge on any atom is 0.296 e. The number of nitrogens with zero attached hydrogens (tertiary/aromatic N) is 6. The SMILES string of the molecule is CN(C)C1(C(=O)CC2CCC(Oc3cc(-n4c(C(F)F)nc5ccccc54)nc(N4CCOCC4)n3)CC2)CCCC1.Cl. The number of anilines is 1. The minimum Gasteiger partial charge on any atom is -0.474 e. The summed E-state index contributed by atoms with van der Waals surface area (Å²) in [6, 6.07) is 8.70. The van der Waals surface area contributed by atoms with Crippen LogP contribution in [0.15, 0.2) is 30.3 Å². The highest BCUT2D eigenvalue weighted by atomic mass is 35.5. The molecular weight excluding hydrogens is 578 g/mol. The number of aromatic nitrogens is 4. The average Bonchev–Trinajstić information content (AvgIpc) is 3.65. The first-order chi connectivity index (χ1) is 20.3. The summed E-state index contributed by atoms with van der Waals surface area (Å²) < 4.78 is 41.7. The number of carbonyl (C=O) groups is 1. The molecule has 0 unspecified atom stereocenters. The number of halogens is 3. The Morgan fingerprint density at radius 3 is 2.44 bits per heavy atom. The predicted molar refractivity (Wildman–Crippen MR) is 163 cm³/mol. The smallest absolute Gasteiger partial charge is 0.296 e. The molecule has 0 atom stereocenters. The molecule has 9 nitrogen and oxygen atoms in total. The quantitative estimate of drug-likeness (QED) is 0.298. The summed E-state index contributed by atoms with van der Waals surface area (Å²) in [6.45, 7) is 2.28. The molecule has 0 radical (unpaired) electrons. The lowest BCUT2D eigenvalue weighted by atomic mass is 9.79. The summed E-state index contributed by atoms with van der Waals surface area (Å²) in [5.74, 6) is 1.45. The number of alkyl halides is 2. The summed E-state index contributed by atoms with van der Waals surface area (Å²) in [4.78, 5) is 31.2. The van der Waals surface area contributed by atoms with Gasteiger partial charge in [0.15, 0.2) is 11.6 Å². The van der Waals surface area contributed by atoms with Gasteiger partial charge in [-0.15, -0.1) is 12.4 Å². The van der Waals surface area contributed by atoms with Crippen LogP contribution in [0.25, 0.3) is 16.9 Å². The van der Waals surface area contributed by atoms with Crippen molar-refractivity contribution in [3.8, 4) is 11.7 Å². The van der Waals surface area contributed by atoms with E-state index in [0.29, 0.717) is 73.1 Å². The van der Waals surface area contributed by atoms with Gasteiger partial charge in [-0.1, -0.05) is 25.0 Å². The molecule has 234 valence electrons. The fourth-order valence-electron chi connectivity index (χ4n) is 6.92. The minimum atomic E-state index is -2.78. The highest BCUT2D eigenvalue weighted by molar-refractivity contribution is 5.89. The standard InChI is InChI=1S/C31H40F2N6O3.ClH/c1-37(2)31(13-5-6-14-31)25(40)19-21-9-11-22(12-10-21)42-27-20-26(35-30(36-27)38-15-17-41-18-16-38)39-24-8-4-3-7-23(24)34-29(39)28(32)33;/h3-4,7-8,20-22,28H,5-6,9-19H2,1-2H3;1H. The van der Waals surface area contributed by atoms with Gasteiger partial charge < -0.3 is 14.4 Å². The number of ether oxygens (including phenoxy) is 2. The number of likely N-dealkylation sites (N-methyl/N-ethyl adjacent to an activating group) is 1. The Labute approximate surface area is 257 Å². The molecule has 0 N–H and O–H groups in total. The highest BCUT2D eigenvalue weighted by Crippen LogP contribution is 2.39. The Morgan fingerprint density at radius 2 is 1.77 bits per heavy atom. The monoisotopic (exact) mass is 618 g/mol. The van der Waals surface area contributed by atoms with Crippen molar-refractivity contribution in [1.82, 2.24) is 24.4 Å². The molecule has 43 heavy (non-hydrogen) atoms. The zero-order valence-electron chi connectivity index (χ0n) is 24.9. The van der Waals surface area contributed by atoms with E-state index >= 15 is 0 Å². The summed E-state index contributed by atoms with van der Waals surface area (Å²) in [7, 11) is 4.07. The number of benzene rings is 1. The predicted octanol–water partition coefficient (Wildman–Crippen LogP) is 5.78. The molecule has 3 aromatic rings. The zero-order valence-corrected chi connectivity index (χ0v) is 25.7. The van der Waals surface area contributed by atoms with E-state index in [1.165, 1.54) is 4.57 Å². The van der Waals surface area contributed by atoms with Crippen molar-refractivity contribution in [2.24, 2.45) is 5.92 Å². The van der Waals surface area contributed by atoms with E-state index in [9.17, 15) is 13.6 Å². The Bertz CT molecular complexity index is 1400. The second-order valence-corrected chi connectivity index (χ2v) is 12.1. The van der Waals surface area contributed by atoms with Crippen LogP contribution in [0.2, 0.25) is 0 Å². The van der Waals surface area contributed by atoms with Crippen LogP contribution in [0.4, 0.5) is 14.7 Å². The third-order valence-electron chi connectivity index (χ3n) is 9.34. The lowest BCUT2D eigenvalue weighted by molar-refractivity contribution is -0.131. The molecule has 3 aliphatic rings. The third-order valence-corrected chi connectivity index (χ3v) is 9.34. The van der Waals surface area contributed by atoms with E-state index in [1.807, 2.05) is 19.0 Å². The molecule has 3 heterocycles. The first-order valence-corrected chi connectivity index (χ1v) is 15.2. The van der Waals surface area contributed by atoms with Crippen LogP contribution in [-0.2, 0) is 9.53 Å². The van der Waals surface area contributed by atoms with Crippen LogP contribution < -0.4 is 9.64 Å². The summed E-state index contributed by atoms with van der Waals surface area (Å²) in [5.41, 5.74) is 0.728. The van der Waals surface area contributed by atoms with E-state index in [0.717, 1.165) is 51.4 Å². The van der Waals surface area contributed by atoms with Gasteiger partial charge in [0, 0.05) is 25.6 Å². The molecular formula is C31H41ClF2N6O3. The van der Waals surface area contributed by atoms with E-state index < -0.39 is 6.43 Å². The molecule has 12 heteroatoms. The molecule has 3 fully saturated rings. The van der Waals surface area contributed by atoms with Gasteiger partial charge in [-0.05, 0) is 70.7 Å². The lowest BCUT2D eigenvalue weighted by Gasteiger charge is -2.37. The van der Waals surface area contributed by atoms with Crippen molar-refractivity contribution < 1.29 is 23.0 Å². The fourth-order valence-corrected chi connectivity index (χ4v) is 6.92. The fraction of sp³-hybridized carbons (Fsp3) is 0.613. The second kappa shape index (κ2) is 13.4. The Hall–Kier alpha value is -2.89.